The lowest BCUT2D eigenvalue weighted by Gasteiger charge is -2.36. The number of alkyl halides is 1. The summed E-state index contributed by atoms with van der Waals surface area (Å²) in [5.74, 6) is 1.60. The molecule has 0 amide bonds. The molecule has 1 saturated heterocycles. The van der Waals surface area contributed by atoms with Crippen molar-refractivity contribution >= 4 is 28.6 Å². The molecule has 164 valence electrons. The topological polar surface area (TPSA) is 62.7 Å². The molecule has 3 atom stereocenters. The van der Waals surface area contributed by atoms with Gasteiger partial charge in [0.25, 0.3) is 0 Å². The Balaban J connectivity index is 1.64. The lowest BCUT2D eigenvalue weighted by atomic mass is 9.81. The molecule has 1 aliphatic rings. The second kappa shape index (κ2) is 11.0. The van der Waals surface area contributed by atoms with Crippen molar-refractivity contribution in [1.29, 1.82) is 0 Å². The highest BCUT2D eigenvalue weighted by Gasteiger charge is 2.34. The quantitative estimate of drug-likeness (QED) is 0.542. The first-order chi connectivity index (χ1) is 14.5. The number of piperidine rings is 1. The van der Waals surface area contributed by atoms with Crippen LogP contribution in [0.1, 0.15) is 37.9 Å². The van der Waals surface area contributed by atoms with E-state index in [2.05, 4.69) is 16.8 Å². The molecule has 0 saturated carbocycles. The van der Waals surface area contributed by atoms with Gasteiger partial charge < -0.3 is 14.7 Å². The normalized spacial score (nSPS) is 20.9. The van der Waals surface area contributed by atoms with Crippen LogP contribution in [0.15, 0.2) is 30.5 Å². The van der Waals surface area contributed by atoms with Crippen LogP contribution in [0, 0.1) is 11.8 Å². The van der Waals surface area contributed by atoms with Gasteiger partial charge in [0.05, 0.1) is 18.5 Å². The molecule has 30 heavy (non-hydrogen) atoms. The predicted molar refractivity (Wildman–Crippen MR) is 120 cm³/mol. The van der Waals surface area contributed by atoms with Crippen LogP contribution >= 0.6 is 11.8 Å². The number of hydrogen-bond acceptors (Lipinski definition) is 5. The molecule has 0 radical (unpaired) electrons. The molecular weight excluding hydrogens is 403 g/mol. The maximum Gasteiger partial charge on any atom is 0.308 e. The molecule has 1 N–H and O–H groups in total. The highest BCUT2D eigenvalue weighted by atomic mass is 32.2. The number of fused-ring (bicyclic) bond motifs is 1. The minimum absolute atomic E-state index is 0.0125. The largest absolute Gasteiger partial charge is 0.497 e. The van der Waals surface area contributed by atoms with Crippen LogP contribution in [-0.4, -0.2) is 59.2 Å². The van der Waals surface area contributed by atoms with Crippen molar-refractivity contribution < 1.29 is 19.0 Å². The summed E-state index contributed by atoms with van der Waals surface area (Å²) < 4.78 is 20.5. The van der Waals surface area contributed by atoms with Gasteiger partial charge in [-0.25, -0.2) is 4.39 Å². The third kappa shape index (κ3) is 5.64. The van der Waals surface area contributed by atoms with E-state index in [0.29, 0.717) is 30.7 Å². The minimum Gasteiger partial charge on any atom is -0.497 e. The Labute approximate surface area is 182 Å². The van der Waals surface area contributed by atoms with Crippen LogP contribution in [0.2, 0.25) is 0 Å². The molecular formula is C23H31FN2O3S. The van der Waals surface area contributed by atoms with Crippen molar-refractivity contribution in [1.82, 2.24) is 9.88 Å². The van der Waals surface area contributed by atoms with Gasteiger partial charge in [-0.3, -0.25) is 9.78 Å². The standard InChI is InChI=1S/C23H31FN2O3S/c1-3-30-13-12-26-11-9-16(20(15-26)23(27)28)4-6-21(24)18-8-10-25-22-7-5-17(29-2)14-19(18)22/h5,7-8,10,14,16,20-21H,3-4,6,9,11-13,15H2,1-2H3,(H,27,28)/t16-,20+,21-/m1/s1. The number of halogens is 1. The number of carboxylic acid groups (broad SMARTS) is 1. The summed E-state index contributed by atoms with van der Waals surface area (Å²) in [6.07, 6.45) is 2.17. The van der Waals surface area contributed by atoms with Gasteiger partial charge in [0.2, 0.25) is 0 Å². The summed E-state index contributed by atoms with van der Waals surface area (Å²) >= 11 is 1.87. The number of pyridine rings is 1. The van der Waals surface area contributed by atoms with Gasteiger partial charge in [0, 0.05) is 30.4 Å². The predicted octanol–water partition coefficient (Wildman–Crippen LogP) is 4.81. The lowest BCUT2D eigenvalue weighted by Crippen LogP contribution is -2.44. The van der Waals surface area contributed by atoms with Crippen molar-refractivity contribution in [3.63, 3.8) is 0 Å². The molecule has 1 aromatic heterocycles. The molecule has 7 heteroatoms. The van der Waals surface area contributed by atoms with Crippen LogP contribution in [0.3, 0.4) is 0 Å². The van der Waals surface area contributed by atoms with Crippen LogP contribution in [-0.2, 0) is 4.79 Å². The zero-order valence-electron chi connectivity index (χ0n) is 17.7. The highest BCUT2D eigenvalue weighted by Crippen LogP contribution is 2.35. The van der Waals surface area contributed by atoms with Gasteiger partial charge in [-0.05, 0) is 67.3 Å². The fraction of sp³-hybridized carbons (Fsp3) is 0.565. The number of aromatic nitrogens is 1. The molecule has 1 fully saturated rings. The van der Waals surface area contributed by atoms with Gasteiger partial charge >= 0.3 is 5.97 Å². The van der Waals surface area contributed by atoms with Crippen molar-refractivity contribution in [2.45, 2.75) is 32.4 Å². The summed E-state index contributed by atoms with van der Waals surface area (Å²) in [7, 11) is 1.59. The van der Waals surface area contributed by atoms with Gasteiger partial charge in [-0.2, -0.15) is 11.8 Å². The van der Waals surface area contributed by atoms with Gasteiger partial charge in [0.15, 0.2) is 0 Å². The molecule has 5 nitrogen and oxygen atoms in total. The Morgan fingerprint density at radius 1 is 1.43 bits per heavy atom. The second-order valence-electron chi connectivity index (χ2n) is 7.82. The molecule has 3 rings (SSSR count). The molecule has 1 aliphatic heterocycles. The van der Waals surface area contributed by atoms with Crippen molar-refractivity contribution in [2.75, 3.05) is 38.2 Å². The van der Waals surface area contributed by atoms with E-state index in [1.54, 1.807) is 19.4 Å². The van der Waals surface area contributed by atoms with Crippen molar-refractivity contribution in [2.24, 2.45) is 11.8 Å². The number of ether oxygens (including phenoxy) is 1. The number of nitrogens with zero attached hydrogens (tertiary/aromatic N) is 2. The van der Waals surface area contributed by atoms with E-state index in [0.717, 1.165) is 41.9 Å². The first kappa shape index (κ1) is 22.8. The van der Waals surface area contributed by atoms with E-state index in [-0.39, 0.29) is 5.92 Å². The third-order valence-electron chi connectivity index (χ3n) is 6.02. The van der Waals surface area contributed by atoms with Crippen LogP contribution in [0.4, 0.5) is 4.39 Å². The zero-order valence-corrected chi connectivity index (χ0v) is 18.5. The molecule has 1 aromatic carbocycles. The summed E-state index contributed by atoms with van der Waals surface area (Å²) in [4.78, 5) is 18.4. The minimum atomic E-state index is -1.16. The molecule has 0 aliphatic carbocycles. The van der Waals surface area contributed by atoms with E-state index in [1.165, 1.54) is 0 Å². The Bertz CT molecular complexity index is 850. The van der Waals surface area contributed by atoms with E-state index in [1.807, 2.05) is 30.0 Å². The molecule has 0 spiro atoms. The second-order valence-corrected chi connectivity index (χ2v) is 9.21. The van der Waals surface area contributed by atoms with E-state index in [9.17, 15) is 9.90 Å². The highest BCUT2D eigenvalue weighted by molar-refractivity contribution is 7.99. The van der Waals surface area contributed by atoms with Crippen LogP contribution in [0.25, 0.3) is 10.9 Å². The Morgan fingerprint density at radius 3 is 3.00 bits per heavy atom. The molecule has 2 heterocycles. The first-order valence-electron chi connectivity index (χ1n) is 10.6. The fourth-order valence-electron chi connectivity index (χ4n) is 4.30. The average Bonchev–Trinajstić information content (AvgIpc) is 2.77. The third-order valence-corrected chi connectivity index (χ3v) is 6.90. The molecule has 0 unspecified atom stereocenters. The van der Waals surface area contributed by atoms with E-state index in [4.69, 9.17) is 4.74 Å². The maximum atomic E-state index is 15.2. The SMILES string of the molecule is CCSCCN1CC[C@@H](CC[C@@H](F)c2ccnc3ccc(OC)cc23)[C@@H](C(=O)O)C1. The summed E-state index contributed by atoms with van der Waals surface area (Å²) in [5, 5.41) is 10.5. The van der Waals surface area contributed by atoms with Gasteiger partial charge in [-0.1, -0.05) is 6.92 Å². The van der Waals surface area contributed by atoms with Crippen molar-refractivity contribution in [3.05, 3.63) is 36.0 Å². The summed E-state index contributed by atoms with van der Waals surface area (Å²) in [6.45, 7) is 4.51. The number of benzene rings is 1. The first-order valence-corrected chi connectivity index (χ1v) is 11.8. The molecule has 0 bridgehead atoms. The Hall–Kier alpha value is -1.86. The lowest BCUT2D eigenvalue weighted by molar-refractivity contribution is -0.146. The van der Waals surface area contributed by atoms with E-state index < -0.39 is 18.1 Å². The summed E-state index contributed by atoms with van der Waals surface area (Å²) in [5.41, 5.74) is 1.33. The Morgan fingerprint density at radius 2 is 2.27 bits per heavy atom. The van der Waals surface area contributed by atoms with Gasteiger partial charge in [-0.15, -0.1) is 0 Å². The number of carbonyl (C=O) groups is 1. The molecule has 2 aromatic rings. The maximum absolute atomic E-state index is 15.2. The average molecular weight is 435 g/mol. The zero-order chi connectivity index (χ0) is 21.5. The summed E-state index contributed by atoms with van der Waals surface area (Å²) in [6, 6.07) is 7.18. The number of hydrogen-bond donors (Lipinski definition) is 1. The van der Waals surface area contributed by atoms with Gasteiger partial charge in [0.1, 0.15) is 11.9 Å². The number of aliphatic carboxylic acids is 1. The monoisotopic (exact) mass is 434 g/mol. The number of rotatable bonds is 10. The van der Waals surface area contributed by atoms with Crippen LogP contribution < -0.4 is 4.74 Å². The Kier molecular flexibility index (Phi) is 8.33. The number of methoxy groups -OCH3 is 1. The number of carboxylic acids is 1. The van der Waals surface area contributed by atoms with E-state index >= 15 is 4.39 Å². The number of thioether (sulfide) groups is 1. The number of likely N-dealkylation sites (tertiary alicyclic amines) is 1. The fourth-order valence-corrected chi connectivity index (χ4v) is 4.97. The van der Waals surface area contributed by atoms with Crippen molar-refractivity contribution in [3.8, 4) is 5.75 Å². The van der Waals surface area contributed by atoms with Crippen LogP contribution in [0.5, 0.6) is 5.75 Å². The smallest absolute Gasteiger partial charge is 0.308 e.